The molecule has 0 saturated carbocycles. The summed E-state index contributed by atoms with van der Waals surface area (Å²) in [4.78, 5) is 0. The fraction of sp³-hybridized carbons (Fsp3) is 0.250. The van der Waals surface area contributed by atoms with Gasteiger partial charge in [0.2, 0.25) is 0 Å². The van der Waals surface area contributed by atoms with Gasteiger partial charge in [-0.25, -0.2) is 4.39 Å². The normalized spacial score (nSPS) is 10.3. The molecule has 100 valence electrons. The Hall–Kier alpha value is -2.03. The molecule has 0 aromatic heterocycles. The van der Waals surface area contributed by atoms with Crippen LogP contribution < -0.4 is 10.1 Å². The van der Waals surface area contributed by atoms with E-state index in [9.17, 15) is 4.39 Å². The van der Waals surface area contributed by atoms with E-state index in [0.29, 0.717) is 18.0 Å². The van der Waals surface area contributed by atoms with Crippen LogP contribution in [0.4, 0.5) is 10.1 Å². The molecule has 0 amide bonds. The van der Waals surface area contributed by atoms with Gasteiger partial charge in [0.25, 0.3) is 0 Å². The fourth-order valence-corrected chi connectivity index (χ4v) is 2.08. The molecule has 2 nitrogen and oxygen atoms in total. The first-order valence-electron chi connectivity index (χ1n) is 6.24. The summed E-state index contributed by atoms with van der Waals surface area (Å²) in [6.45, 7) is 4.72. The van der Waals surface area contributed by atoms with Crippen LogP contribution in [0.2, 0.25) is 0 Å². The maximum absolute atomic E-state index is 13.7. The molecule has 0 saturated heterocycles. The van der Waals surface area contributed by atoms with E-state index in [4.69, 9.17) is 4.74 Å². The first kappa shape index (κ1) is 13.4. The summed E-state index contributed by atoms with van der Waals surface area (Å²) in [5.74, 6) is 0.373. The lowest BCUT2D eigenvalue weighted by molar-refractivity contribution is 0.414. The van der Waals surface area contributed by atoms with Crippen molar-refractivity contribution in [2.24, 2.45) is 0 Å². The summed E-state index contributed by atoms with van der Waals surface area (Å²) < 4.78 is 18.8. The second-order valence-electron chi connectivity index (χ2n) is 4.57. The number of benzene rings is 2. The number of hydrogen-bond donors (Lipinski definition) is 1. The predicted molar refractivity (Wildman–Crippen MR) is 76.2 cm³/mol. The quantitative estimate of drug-likeness (QED) is 0.894. The molecule has 0 atom stereocenters. The highest BCUT2D eigenvalue weighted by Gasteiger charge is 2.06. The molecular weight excluding hydrogens is 241 g/mol. The number of rotatable bonds is 4. The Kier molecular flexibility index (Phi) is 4.05. The summed E-state index contributed by atoms with van der Waals surface area (Å²) in [6.07, 6.45) is 0. The SMILES string of the molecule is COc1ccc(F)c(NCc2c(C)cccc2C)c1. The lowest BCUT2D eigenvalue weighted by atomic mass is 10.0. The van der Waals surface area contributed by atoms with Gasteiger partial charge in [0.05, 0.1) is 12.8 Å². The topological polar surface area (TPSA) is 21.3 Å². The van der Waals surface area contributed by atoms with Gasteiger partial charge in [-0.05, 0) is 42.7 Å². The molecule has 0 aliphatic heterocycles. The molecule has 0 spiro atoms. The van der Waals surface area contributed by atoms with Gasteiger partial charge in [-0.15, -0.1) is 0 Å². The minimum atomic E-state index is -0.271. The zero-order valence-corrected chi connectivity index (χ0v) is 11.5. The van der Waals surface area contributed by atoms with Gasteiger partial charge < -0.3 is 10.1 Å². The van der Waals surface area contributed by atoms with E-state index >= 15 is 0 Å². The number of halogens is 1. The largest absolute Gasteiger partial charge is 0.497 e. The number of methoxy groups -OCH3 is 1. The van der Waals surface area contributed by atoms with Crippen LogP contribution in [0, 0.1) is 19.7 Å². The number of anilines is 1. The van der Waals surface area contributed by atoms with E-state index in [1.807, 2.05) is 6.07 Å². The van der Waals surface area contributed by atoms with Gasteiger partial charge in [-0.1, -0.05) is 18.2 Å². The van der Waals surface area contributed by atoms with Crippen molar-refractivity contribution in [3.63, 3.8) is 0 Å². The summed E-state index contributed by atoms with van der Waals surface area (Å²) in [5, 5.41) is 3.13. The predicted octanol–water partition coefficient (Wildman–Crippen LogP) is 4.06. The highest BCUT2D eigenvalue weighted by atomic mass is 19.1. The molecule has 0 aliphatic carbocycles. The van der Waals surface area contributed by atoms with E-state index in [-0.39, 0.29) is 5.82 Å². The van der Waals surface area contributed by atoms with Gasteiger partial charge in [-0.3, -0.25) is 0 Å². The minimum absolute atomic E-state index is 0.271. The third kappa shape index (κ3) is 3.05. The van der Waals surface area contributed by atoms with Gasteiger partial charge in [0, 0.05) is 12.6 Å². The van der Waals surface area contributed by atoms with Crippen LogP contribution in [0.25, 0.3) is 0 Å². The molecule has 0 bridgehead atoms. The Morgan fingerprint density at radius 1 is 1.11 bits per heavy atom. The number of hydrogen-bond acceptors (Lipinski definition) is 2. The van der Waals surface area contributed by atoms with E-state index in [1.54, 1.807) is 19.2 Å². The van der Waals surface area contributed by atoms with Gasteiger partial charge in [-0.2, -0.15) is 0 Å². The Morgan fingerprint density at radius 2 is 1.79 bits per heavy atom. The van der Waals surface area contributed by atoms with Gasteiger partial charge >= 0.3 is 0 Å². The molecule has 3 heteroatoms. The molecule has 0 unspecified atom stereocenters. The summed E-state index contributed by atoms with van der Waals surface area (Å²) >= 11 is 0. The molecule has 2 aromatic carbocycles. The Bertz CT molecular complexity index is 561. The van der Waals surface area contributed by atoms with Crippen LogP contribution in [0.1, 0.15) is 16.7 Å². The van der Waals surface area contributed by atoms with Crippen molar-refractivity contribution in [1.29, 1.82) is 0 Å². The van der Waals surface area contributed by atoms with E-state index in [0.717, 1.165) is 0 Å². The minimum Gasteiger partial charge on any atom is -0.497 e. The smallest absolute Gasteiger partial charge is 0.146 e. The van der Waals surface area contributed by atoms with Crippen LogP contribution in [-0.2, 0) is 6.54 Å². The van der Waals surface area contributed by atoms with Crippen molar-refractivity contribution in [3.8, 4) is 5.75 Å². The molecular formula is C16H18FNO. The highest BCUT2D eigenvalue weighted by molar-refractivity contribution is 5.50. The van der Waals surface area contributed by atoms with Crippen molar-refractivity contribution in [2.75, 3.05) is 12.4 Å². The standard InChI is InChI=1S/C16H18FNO/c1-11-5-4-6-12(2)14(11)10-18-16-9-13(19-3)7-8-15(16)17/h4-9,18H,10H2,1-3H3. The summed E-state index contributed by atoms with van der Waals surface area (Å²) in [7, 11) is 1.57. The van der Waals surface area contributed by atoms with Crippen molar-refractivity contribution in [3.05, 3.63) is 58.9 Å². The third-order valence-corrected chi connectivity index (χ3v) is 3.27. The fourth-order valence-electron chi connectivity index (χ4n) is 2.08. The molecule has 2 aromatic rings. The van der Waals surface area contributed by atoms with Crippen LogP contribution in [-0.4, -0.2) is 7.11 Å². The molecule has 1 N–H and O–H groups in total. The van der Waals surface area contributed by atoms with Gasteiger partial charge in [0.1, 0.15) is 11.6 Å². The van der Waals surface area contributed by atoms with Crippen LogP contribution in [0.3, 0.4) is 0 Å². The zero-order valence-electron chi connectivity index (χ0n) is 11.5. The first-order chi connectivity index (χ1) is 9.11. The van der Waals surface area contributed by atoms with Crippen LogP contribution in [0.15, 0.2) is 36.4 Å². The average Bonchev–Trinajstić information content (AvgIpc) is 2.40. The lowest BCUT2D eigenvalue weighted by Gasteiger charge is -2.13. The van der Waals surface area contributed by atoms with Crippen molar-refractivity contribution in [2.45, 2.75) is 20.4 Å². The average molecular weight is 259 g/mol. The van der Waals surface area contributed by atoms with E-state index in [1.165, 1.54) is 22.8 Å². The van der Waals surface area contributed by atoms with Crippen molar-refractivity contribution < 1.29 is 9.13 Å². The van der Waals surface area contributed by atoms with Gasteiger partial charge in [0.15, 0.2) is 0 Å². The molecule has 0 aliphatic rings. The molecule has 0 heterocycles. The molecule has 2 rings (SSSR count). The third-order valence-electron chi connectivity index (χ3n) is 3.27. The van der Waals surface area contributed by atoms with Crippen molar-refractivity contribution in [1.82, 2.24) is 0 Å². The lowest BCUT2D eigenvalue weighted by Crippen LogP contribution is -2.05. The van der Waals surface area contributed by atoms with E-state index < -0.39 is 0 Å². The molecule has 0 fully saturated rings. The molecule has 0 radical (unpaired) electrons. The van der Waals surface area contributed by atoms with Crippen LogP contribution >= 0.6 is 0 Å². The maximum Gasteiger partial charge on any atom is 0.146 e. The number of ether oxygens (including phenoxy) is 1. The Labute approximate surface area is 113 Å². The maximum atomic E-state index is 13.7. The van der Waals surface area contributed by atoms with Crippen molar-refractivity contribution >= 4 is 5.69 Å². The Morgan fingerprint density at radius 3 is 2.42 bits per heavy atom. The highest BCUT2D eigenvalue weighted by Crippen LogP contribution is 2.22. The first-order valence-corrected chi connectivity index (χ1v) is 6.24. The summed E-state index contributed by atoms with van der Waals surface area (Å²) in [5.41, 5.74) is 4.07. The van der Waals surface area contributed by atoms with Crippen LogP contribution in [0.5, 0.6) is 5.75 Å². The number of nitrogens with one attached hydrogen (secondary N) is 1. The monoisotopic (exact) mass is 259 g/mol. The van der Waals surface area contributed by atoms with E-state index in [2.05, 4.69) is 31.3 Å². The second-order valence-corrected chi connectivity index (χ2v) is 4.57. The second kappa shape index (κ2) is 5.74. The summed E-state index contributed by atoms with van der Waals surface area (Å²) in [6, 6.07) is 10.8. The zero-order chi connectivity index (χ0) is 13.8. The molecule has 19 heavy (non-hydrogen) atoms. The number of aryl methyl sites for hydroxylation is 2. The Balaban J connectivity index is 2.19.